The van der Waals surface area contributed by atoms with Gasteiger partial charge in [-0.05, 0) is 24.9 Å². The van der Waals surface area contributed by atoms with E-state index in [4.69, 9.17) is 9.47 Å². The van der Waals surface area contributed by atoms with Crippen LogP contribution in [0.15, 0.2) is 30.3 Å². The molecule has 3 unspecified atom stereocenters. The molecule has 0 heterocycles. The first-order chi connectivity index (χ1) is 8.85. The summed E-state index contributed by atoms with van der Waals surface area (Å²) in [4.78, 5) is 0. The van der Waals surface area contributed by atoms with Gasteiger partial charge in [0, 0.05) is 13.2 Å². The summed E-state index contributed by atoms with van der Waals surface area (Å²) in [6, 6.07) is 10.7. The largest absolute Gasteiger partial charge is 0.377 e. The van der Waals surface area contributed by atoms with Crippen LogP contribution in [-0.4, -0.2) is 31.9 Å². The molecule has 0 aromatic heterocycles. The fourth-order valence-electron chi connectivity index (χ4n) is 2.37. The predicted octanol–water partition coefficient (Wildman–Crippen LogP) is 2.36. The van der Waals surface area contributed by atoms with Crippen molar-refractivity contribution in [1.29, 1.82) is 0 Å². The molecular weight excluding hydrogens is 226 g/mol. The van der Waals surface area contributed by atoms with E-state index in [0.29, 0.717) is 12.6 Å². The number of benzene rings is 1. The van der Waals surface area contributed by atoms with Crippen LogP contribution in [0.25, 0.3) is 0 Å². The number of nitrogens with one attached hydrogen (secondary N) is 1. The zero-order chi connectivity index (χ0) is 12.8. The highest BCUT2D eigenvalue weighted by Crippen LogP contribution is 2.27. The van der Waals surface area contributed by atoms with Crippen molar-refractivity contribution in [2.75, 3.05) is 13.7 Å². The van der Waals surface area contributed by atoms with Crippen LogP contribution in [0, 0.1) is 0 Å². The lowest BCUT2D eigenvalue weighted by molar-refractivity contribution is -0.139. The molecule has 3 nitrogen and oxygen atoms in total. The van der Waals surface area contributed by atoms with Crippen molar-refractivity contribution in [3.63, 3.8) is 0 Å². The Morgan fingerprint density at radius 1 is 1.28 bits per heavy atom. The second-order valence-electron chi connectivity index (χ2n) is 4.83. The molecule has 1 aliphatic rings. The third kappa shape index (κ3) is 3.31. The Hall–Kier alpha value is -0.900. The standard InChI is InChI=1S/C15H23NO2/c1-3-9-16-13-10-14(15(13)17-2)18-11-12-7-5-4-6-8-12/h4-8,13-16H,3,9-11H2,1-2H3. The molecule has 1 fully saturated rings. The summed E-state index contributed by atoms with van der Waals surface area (Å²) in [5.74, 6) is 0. The van der Waals surface area contributed by atoms with E-state index >= 15 is 0 Å². The molecular formula is C15H23NO2. The molecule has 1 aliphatic carbocycles. The quantitative estimate of drug-likeness (QED) is 0.804. The van der Waals surface area contributed by atoms with Crippen molar-refractivity contribution in [2.45, 2.75) is 44.6 Å². The third-order valence-corrected chi connectivity index (χ3v) is 3.48. The van der Waals surface area contributed by atoms with Gasteiger partial charge in [-0.1, -0.05) is 37.3 Å². The number of hydrogen-bond acceptors (Lipinski definition) is 3. The second kappa shape index (κ2) is 6.88. The monoisotopic (exact) mass is 249 g/mol. The Labute approximate surface area is 109 Å². The summed E-state index contributed by atoms with van der Waals surface area (Å²) in [5, 5.41) is 3.49. The molecule has 0 bridgehead atoms. The lowest BCUT2D eigenvalue weighted by atomic mass is 9.85. The number of ether oxygens (including phenoxy) is 2. The van der Waals surface area contributed by atoms with Crippen LogP contribution < -0.4 is 5.32 Å². The van der Waals surface area contributed by atoms with Gasteiger partial charge in [-0.15, -0.1) is 0 Å². The van der Waals surface area contributed by atoms with E-state index in [-0.39, 0.29) is 12.2 Å². The van der Waals surface area contributed by atoms with Crippen LogP contribution in [0.4, 0.5) is 0 Å². The van der Waals surface area contributed by atoms with Crippen molar-refractivity contribution in [3.8, 4) is 0 Å². The van der Waals surface area contributed by atoms with Gasteiger partial charge in [0.15, 0.2) is 0 Å². The number of methoxy groups -OCH3 is 1. The molecule has 0 amide bonds. The molecule has 3 atom stereocenters. The maximum absolute atomic E-state index is 5.91. The summed E-state index contributed by atoms with van der Waals surface area (Å²) >= 11 is 0. The van der Waals surface area contributed by atoms with Gasteiger partial charge in [-0.2, -0.15) is 0 Å². The van der Waals surface area contributed by atoms with Gasteiger partial charge in [-0.3, -0.25) is 0 Å². The minimum Gasteiger partial charge on any atom is -0.377 e. The highest BCUT2D eigenvalue weighted by Gasteiger charge is 2.41. The van der Waals surface area contributed by atoms with E-state index in [1.165, 1.54) is 5.56 Å². The topological polar surface area (TPSA) is 30.5 Å². The van der Waals surface area contributed by atoms with Gasteiger partial charge in [0.1, 0.15) is 0 Å². The van der Waals surface area contributed by atoms with Gasteiger partial charge in [0.2, 0.25) is 0 Å². The fraction of sp³-hybridized carbons (Fsp3) is 0.600. The normalized spacial score (nSPS) is 26.9. The Morgan fingerprint density at radius 2 is 2.06 bits per heavy atom. The van der Waals surface area contributed by atoms with Crippen molar-refractivity contribution in [1.82, 2.24) is 5.32 Å². The van der Waals surface area contributed by atoms with E-state index in [0.717, 1.165) is 19.4 Å². The maximum Gasteiger partial charge on any atom is 0.0987 e. The minimum absolute atomic E-state index is 0.195. The molecule has 0 spiro atoms. The molecule has 3 heteroatoms. The van der Waals surface area contributed by atoms with E-state index in [1.807, 2.05) is 18.2 Å². The first kappa shape index (κ1) is 13.5. The van der Waals surface area contributed by atoms with Crippen molar-refractivity contribution < 1.29 is 9.47 Å². The molecule has 100 valence electrons. The molecule has 1 N–H and O–H groups in total. The highest BCUT2D eigenvalue weighted by atomic mass is 16.5. The van der Waals surface area contributed by atoms with Gasteiger partial charge >= 0.3 is 0 Å². The smallest absolute Gasteiger partial charge is 0.0987 e. The number of rotatable bonds is 7. The van der Waals surface area contributed by atoms with Gasteiger partial charge in [0.25, 0.3) is 0 Å². The summed E-state index contributed by atoms with van der Waals surface area (Å²) < 4.78 is 11.4. The summed E-state index contributed by atoms with van der Waals surface area (Å²) in [6.45, 7) is 3.90. The van der Waals surface area contributed by atoms with Crippen LogP contribution in [-0.2, 0) is 16.1 Å². The Bertz CT molecular complexity index is 342. The molecule has 1 saturated carbocycles. The summed E-state index contributed by atoms with van der Waals surface area (Å²) in [6.07, 6.45) is 2.62. The van der Waals surface area contributed by atoms with Gasteiger partial charge in [-0.25, -0.2) is 0 Å². The van der Waals surface area contributed by atoms with Crippen molar-refractivity contribution in [3.05, 3.63) is 35.9 Å². The Morgan fingerprint density at radius 3 is 2.72 bits per heavy atom. The minimum atomic E-state index is 0.195. The lowest BCUT2D eigenvalue weighted by Crippen LogP contribution is -2.59. The first-order valence-corrected chi connectivity index (χ1v) is 6.77. The lowest BCUT2D eigenvalue weighted by Gasteiger charge is -2.43. The molecule has 18 heavy (non-hydrogen) atoms. The average Bonchev–Trinajstić information content (AvgIpc) is 2.39. The molecule has 1 aromatic rings. The molecule has 0 aliphatic heterocycles. The van der Waals surface area contributed by atoms with Crippen LogP contribution in [0.5, 0.6) is 0 Å². The second-order valence-corrected chi connectivity index (χ2v) is 4.83. The summed E-state index contributed by atoms with van der Waals surface area (Å²) in [7, 11) is 1.77. The van der Waals surface area contributed by atoms with E-state index in [2.05, 4.69) is 24.4 Å². The Kier molecular flexibility index (Phi) is 5.17. The first-order valence-electron chi connectivity index (χ1n) is 6.77. The average molecular weight is 249 g/mol. The predicted molar refractivity (Wildman–Crippen MR) is 72.5 cm³/mol. The van der Waals surface area contributed by atoms with Gasteiger partial charge in [0.05, 0.1) is 18.8 Å². The van der Waals surface area contributed by atoms with Crippen LogP contribution in [0.1, 0.15) is 25.3 Å². The zero-order valence-corrected chi connectivity index (χ0v) is 11.3. The zero-order valence-electron chi connectivity index (χ0n) is 11.3. The van der Waals surface area contributed by atoms with E-state index in [9.17, 15) is 0 Å². The fourth-order valence-corrected chi connectivity index (χ4v) is 2.37. The molecule has 0 saturated heterocycles. The van der Waals surface area contributed by atoms with Crippen molar-refractivity contribution in [2.24, 2.45) is 0 Å². The van der Waals surface area contributed by atoms with Gasteiger partial charge < -0.3 is 14.8 Å². The summed E-state index contributed by atoms with van der Waals surface area (Å²) in [5.41, 5.74) is 1.22. The van der Waals surface area contributed by atoms with E-state index < -0.39 is 0 Å². The molecule has 1 aromatic carbocycles. The number of hydrogen-bond donors (Lipinski definition) is 1. The third-order valence-electron chi connectivity index (χ3n) is 3.48. The molecule has 2 rings (SSSR count). The van der Waals surface area contributed by atoms with Crippen LogP contribution in [0.3, 0.4) is 0 Å². The molecule has 0 radical (unpaired) electrons. The van der Waals surface area contributed by atoms with Crippen LogP contribution >= 0.6 is 0 Å². The highest BCUT2D eigenvalue weighted by molar-refractivity contribution is 5.13. The van der Waals surface area contributed by atoms with Crippen LogP contribution in [0.2, 0.25) is 0 Å². The maximum atomic E-state index is 5.91. The van der Waals surface area contributed by atoms with Crippen molar-refractivity contribution >= 4 is 0 Å². The Balaban J connectivity index is 1.74. The SMILES string of the molecule is CCCNC1CC(OCc2ccccc2)C1OC. The van der Waals surface area contributed by atoms with E-state index in [1.54, 1.807) is 7.11 Å².